The summed E-state index contributed by atoms with van der Waals surface area (Å²) in [5.74, 6) is 1.09. The number of aliphatic carboxylic acids is 1. The van der Waals surface area contributed by atoms with E-state index < -0.39 is 18.0 Å². The van der Waals surface area contributed by atoms with Crippen LogP contribution in [-0.4, -0.2) is 41.1 Å². The monoisotopic (exact) mass is 238 g/mol. The molecule has 0 aromatic carbocycles. The highest BCUT2D eigenvalue weighted by molar-refractivity contribution is 5.82. The van der Waals surface area contributed by atoms with Crippen molar-refractivity contribution >= 4 is 12.0 Å². The lowest BCUT2D eigenvalue weighted by molar-refractivity contribution is -0.139. The third-order valence-corrected chi connectivity index (χ3v) is 2.05. The van der Waals surface area contributed by atoms with Crippen molar-refractivity contribution in [3.63, 3.8) is 0 Å². The van der Waals surface area contributed by atoms with E-state index in [9.17, 15) is 9.59 Å². The molecule has 0 aliphatic heterocycles. The minimum atomic E-state index is -1.13. The van der Waals surface area contributed by atoms with Crippen LogP contribution < -0.4 is 5.32 Å². The van der Waals surface area contributed by atoms with Crippen molar-refractivity contribution in [3.05, 3.63) is 12.7 Å². The number of carbonyl (C=O) groups excluding carboxylic acids is 1. The Kier molecular flexibility index (Phi) is 7.27. The van der Waals surface area contributed by atoms with Gasteiger partial charge in [-0.2, -0.15) is 0 Å². The van der Waals surface area contributed by atoms with Crippen LogP contribution in [-0.2, 0) is 4.79 Å². The van der Waals surface area contributed by atoms with Crippen molar-refractivity contribution in [1.29, 1.82) is 0 Å². The molecule has 0 aliphatic rings. The number of nitrogens with zero attached hydrogens (tertiary/aromatic N) is 1. The number of amides is 2. The van der Waals surface area contributed by atoms with E-state index in [1.807, 2.05) is 6.92 Å². The molecular formula is C12H18N2O3. The molecule has 0 spiro atoms. The molecule has 1 atom stereocenters. The molecule has 0 heterocycles. The molecule has 0 aliphatic carbocycles. The van der Waals surface area contributed by atoms with Crippen molar-refractivity contribution in [2.45, 2.75) is 25.8 Å². The summed E-state index contributed by atoms with van der Waals surface area (Å²) in [5.41, 5.74) is 0. The van der Waals surface area contributed by atoms with E-state index in [4.69, 9.17) is 11.5 Å². The molecule has 0 aromatic rings. The van der Waals surface area contributed by atoms with Crippen molar-refractivity contribution in [2.75, 3.05) is 13.1 Å². The summed E-state index contributed by atoms with van der Waals surface area (Å²) in [7, 11) is 0. The number of hydrogen-bond acceptors (Lipinski definition) is 2. The summed E-state index contributed by atoms with van der Waals surface area (Å²) in [6, 6.07) is -1.48. The van der Waals surface area contributed by atoms with Crippen LogP contribution in [0.15, 0.2) is 12.7 Å². The quantitative estimate of drug-likeness (QED) is 0.515. The second-order valence-electron chi connectivity index (χ2n) is 3.48. The number of hydrogen-bond donors (Lipinski definition) is 2. The highest BCUT2D eigenvalue weighted by Gasteiger charge is 2.21. The first-order valence-electron chi connectivity index (χ1n) is 5.39. The van der Waals surface area contributed by atoms with E-state index in [0.29, 0.717) is 13.1 Å². The predicted molar refractivity (Wildman–Crippen MR) is 65.5 cm³/mol. The van der Waals surface area contributed by atoms with Crippen LogP contribution in [0, 0.1) is 12.3 Å². The van der Waals surface area contributed by atoms with Crippen LogP contribution in [0.1, 0.15) is 19.8 Å². The Morgan fingerprint density at radius 1 is 1.65 bits per heavy atom. The zero-order valence-electron chi connectivity index (χ0n) is 9.98. The molecule has 0 saturated heterocycles. The summed E-state index contributed by atoms with van der Waals surface area (Å²) < 4.78 is 0. The number of urea groups is 1. The van der Waals surface area contributed by atoms with Crippen molar-refractivity contribution in [1.82, 2.24) is 10.2 Å². The Hall–Kier alpha value is -1.96. The van der Waals surface area contributed by atoms with Crippen LogP contribution in [0.4, 0.5) is 4.79 Å². The lowest BCUT2D eigenvalue weighted by Gasteiger charge is -2.22. The summed E-state index contributed by atoms with van der Waals surface area (Å²) in [5, 5.41) is 11.2. The van der Waals surface area contributed by atoms with E-state index in [2.05, 4.69) is 17.8 Å². The van der Waals surface area contributed by atoms with Gasteiger partial charge in [0.15, 0.2) is 0 Å². The molecule has 0 bridgehead atoms. The fourth-order valence-corrected chi connectivity index (χ4v) is 1.26. The summed E-state index contributed by atoms with van der Waals surface area (Å²) in [6.45, 7) is 6.39. The molecule has 2 amide bonds. The molecule has 2 N–H and O–H groups in total. The number of carboxylic acids is 1. The molecule has 0 fully saturated rings. The van der Waals surface area contributed by atoms with Crippen LogP contribution in [0.3, 0.4) is 0 Å². The van der Waals surface area contributed by atoms with Gasteiger partial charge in [-0.25, -0.2) is 9.59 Å². The molecule has 0 saturated carbocycles. The second kappa shape index (κ2) is 8.22. The van der Waals surface area contributed by atoms with Gasteiger partial charge in [0, 0.05) is 19.5 Å². The summed E-state index contributed by atoms with van der Waals surface area (Å²) in [4.78, 5) is 24.0. The maximum absolute atomic E-state index is 11.7. The van der Waals surface area contributed by atoms with Gasteiger partial charge in [-0.1, -0.05) is 13.0 Å². The van der Waals surface area contributed by atoms with E-state index >= 15 is 0 Å². The lowest BCUT2D eigenvalue weighted by atomic mass is 10.2. The van der Waals surface area contributed by atoms with Gasteiger partial charge in [0.1, 0.15) is 6.04 Å². The maximum Gasteiger partial charge on any atom is 0.327 e. The minimum Gasteiger partial charge on any atom is -0.480 e. The summed E-state index contributed by atoms with van der Waals surface area (Å²) >= 11 is 0. The van der Waals surface area contributed by atoms with Gasteiger partial charge >= 0.3 is 12.0 Å². The number of nitrogens with one attached hydrogen (secondary N) is 1. The lowest BCUT2D eigenvalue weighted by Crippen LogP contribution is -2.48. The Morgan fingerprint density at radius 3 is 2.71 bits per heavy atom. The Morgan fingerprint density at radius 2 is 2.29 bits per heavy atom. The average molecular weight is 238 g/mol. The van der Waals surface area contributed by atoms with Crippen LogP contribution in [0.2, 0.25) is 0 Å². The Labute approximate surface area is 101 Å². The number of carbonyl (C=O) groups is 2. The molecule has 17 heavy (non-hydrogen) atoms. The molecule has 0 rings (SSSR count). The molecule has 5 heteroatoms. The fraction of sp³-hybridized carbons (Fsp3) is 0.500. The van der Waals surface area contributed by atoms with Gasteiger partial charge < -0.3 is 15.3 Å². The van der Waals surface area contributed by atoms with Crippen LogP contribution >= 0.6 is 0 Å². The van der Waals surface area contributed by atoms with E-state index in [1.165, 1.54) is 4.90 Å². The first-order valence-corrected chi connectivity index (χ1v) is 5.39. The zero-order valence-corrected chi connectivity index (χ0v) is 9.98. The standard InChI is InChI=1S/C12H18N2O3/c1-4-7-10(11(15)16)13-12(17)14(8-5-2)9-6-3/h1,5,10H,2,6-9H2,3H3,(H,13,17)(H,15,16). The predicted octanol–water partition coefficient (Wildman–Crippen LogP) is 1.07. The molecule has 1 unspecified atom stereocenters. The Balaban J connectivity index is 4.50. The van der Waals surface area contributed by atoms with E-state index in [0.717, 1.165) is 6.42 Å². The smallest absolute Gasteiger partial charge is 0.327 e. The van der Waals surface area contributed by atoms with Gasteiger partial charge in [0.2, 0.25) is 0 Å². The fourth-order valence-electron chi connectivity index (χ4n) is 1.26. The second-order valence-corrected chi connectivity index (χ2v) is 3.48. The third kappa shape index (κ3) is 5.61. The van der Waals surface area contributed by atoms with Gasteiger partial charge in [0.05, 0.1) is 0 Å². The average Bonchev–Trinajstić information content (AvgIpc) is 2.28. The molecule has 5 nitrogen and oxygen atoms in total. The van der Waals surface area contributed by atoms with Gasteiger partial charge in [-0.15, -0.1) is 18.9 Å². The topological polar surface area (TPSA) is 69.6 Å². The summed E-state index contributed by atoms with van der Waals surface area (Å²) in [6.07, 6.45) is 7.38. The maximum atomic E-state index is 11.7. The SMILES string of the molecule is C#CCC(NC(=O)N(CC=C)CCC)C(=O)O. The highest BCUT2D eigenvalue weighted by Crippen LogP contribution is 1.97. The normalized spacial score (nSPS) is 11.1. The first-order chi connectivity index (χ1) is 8.06. The third-order valence-electron chi connectivity index (χ3n) is 2.05. The van der Waals surface area contributed by atoms with E-state index in [-0.39, 0.29) is 6.42 Å². The number of carboxylic acid groups (broad SMARTS) is 1. The zero-order chi connectivity index (χ0) is 13.3. The molecule has 0 aromatic heterocycles. The molecule has 0 radical (unpaired) electrons. The van der Waals surface area contributed by atoms with Crippen LogP contribution in [0.25, 0.3) is 0 Å². The van der Waals surface area contributed by atoms with Crippen LogP contribution in [0.5, 0.6) is 0 Å². The Bertz CT molecular complexity index is 320. The minimum absolute atomic E-state index is 0.0326. The van der Waals surface area contributed by atoms with Crippen molar-refractivity contribution < 1.29 is 14.7 Å². The van der Waals surface area contributed by atoms with Gasteiger partial charge in [0.25, 0.3) is 0 Å². The number of terminal acetylenes is 1. The molecular weight excluding hydrogens is 220 g/mol. The van der Waals surface area contributed by atoms with E-state index in [1.54, 1.807) is 6.08 Å². The van der Waals surface area contributed by atoms with Gasteiger partial charge in [-0.3, -0.25) is 0 Å². The van der Waals surface area contributed by atoms with Gasteiger partial charge in [-0.05, 0) is 6.42 Å². The highest BCUT2D eigenvalue weighted by atomic mass is 16.4. The largest absolute Gasteiger partial charge is 0.480 e. The van der Waals surface area contributed by atoms with Crippen molar-refractivity contribution in [3.8, 4) is 12.3 Å². The number of rotatable bonds is 7. The first kappa shape index (κ1) is 15.0. The molecule has 94 valence electrons. The van der Waals surface area contributed by atoms with Crippen molar-refractivity contribution in [2.24, 2.45) is 0 Å².